The molecule has 3 nitrogen and oxygen atoms in total. The van der Waals surface area contributed by atoms with Crippen LogP contribution in [0.3, 0.4) is 0 Å². The maximum atomic E-state index is 13.2. The van der Waals surface area contributed by atoms with Gasteiger partial charge in [-0.15, -0.1) is 6.58 Å². The maximum Gasteiger partial charge on any atom is 0.192 e. The van der Waals surface area contributed by atoms with Crippen LogP contribution in [0, 0.1) is 17.3 Å². The van der Waals surface area contributed by atoms with Crippen LogP contribution in [-0.2, 0) is 13.6 Å². The van der Waals surface area contributed by atoms with Crippen LogP contribution in [0.2, 0.25) is 36.3 Å². The van der Waals surface area contributed by atoms with Gasteiger partial charge in [-0.1, -0.05) is 60.1 Å². The molecule has 0 saturated heterocycles. The van der Waals surface area contributed by atoms with E-state index in [0.29, 0.717) is 11.8 Å². The molecule has 200 valence electrons. The van der Waals surface area contributed by atoms with Gasteiger partial charge in [0.05, 0.1) is 5.60 Å². The highest BCUT2D eigenvalue weighted by atomic mass is 28.4. The average molecular weight is 519 g/mol. The number of ketones is 1. The first kappa shape index (κ1) is 29.1. The summed E-state index contributed by atoms with van der Waals surface area (Å²) in [5.41, 5.74) is 2.30. The number of rotatable bonds is 12. The van der Waals surface area contributed by atoms with Gasteiger partial charge in [-0.25, -0.2) is 0 Å². The summed E-state index contributed by atoms with van der Waals surface area (Å²) in [5, 5.41) is 0. The van der Waals surface area contributed by atoms with E-state index in [2.05, 4.69) is 61.1 Å². The van der Waals surface area contributed by atoms with Crippen molar-refractivity contribution < 1.29 is 13.6 Å². The Labute approximate surface area is 218 Å². The second-order valence-electron chi connectivity index (χ2n) is 12.1. The van der Waals surface area contributed by atoms with Gasteiger partial charge in [0.1, 0.15) is 0 Å². The Balaban J connectivity index is 2.10. The largest absolute Gasteiger partial charge is 0.414 e. The van der Waals surface area contributed by atoms with E-state index in [4.69, 9.17) is 8.85 Å². The van der Waals surface area contributed by atoms with Gasteiger partial charge in [-0.3, -0.25) is 4.79 Å². The van der Waals surface area contributed by atoms with Crippen molar-refractivity contribution >= 4 is 22.4 Å². The van der Waals surface area contributed by atoms with E-state index in [9.17, 15) is 4.79 Å². The van der Waals surface area contributed by atoms with Crippen molar-refractivity contribution in [2.24, 2.45) is 17.3 Å². The maximum absolute atomic E-state index is 13.2. The van der Waals surface area contributed by atoms with Crippen molar-refractivity contribution in [3.63, 3.8) is 0 Å². The normalized spacial score (nSPS) is 33.4. The second-order valence-corrected chi connectivity index (χ2v) is 21.5. The first-order chi connectivity index (χ1) is 16.6. The standard InChI is InChI=1S/C30H54O3Si2/c1-10-24-19-20-30(33-35(14-5,15-6)16-7)28-18-17-25(32-34(11-2,12-3)13-4)21-26(28)27(23(8)31)22-29(24,30)9/h10,24-25,28H,1,11-22H2,2-9H3/t24-,25?,28+,29+,30-/m0/s1. The summed E-state index contributed by atoms with van der Waals surface area (Å²) in [7, 11) is -3.54. The van der Waals surface area contributed by atoms with Gasteiger partial charge >= 0.3 is 0 Å². The summed E-state index contributed by atoms with van der Waals surface area (Å²) in [5.74, 6) is 1.03. The zero-order valence-corrected chi connectivity index (χ0v) is 26.2. The lowest BCUT2D eigenvalue weighted by atomic mass is 9.53. The predicted molar refractivity (Wildman–Crippen MR) is 154 cm³/mol. The fourth-order valence-corrected chi connectivity index (χ4v) is 14.4. The summed E-state index contributed by atoms with van der Waals surface area (Å²) in [4.78, 5) is 13.2. The lowest BCUT2D eigenvalue weighted by molar-refractivity contribution is -0.120. The molecule has 0 spiro atoms. The Hall–Kier alpha value is -0.496. The van der Waals surface area contributed by atoms with Crippen molar-refractivity contribution in [3.8, 4) is 0 Å². The molecule has 0 aromatic rings. The number of fused-ring (bicyclic) bond motifs is 3. The molecule has 0 aliphatic heterocycles. The zero-order chi connectivity index (χ0) is 26.1. The molecule has 2 saturated carbocycles. The topological polar surface area (TPSA) is 35.5 Å². The van der Waals surface area contributed by atoms with Gasteiger partial charge in [0.25, 0.3) is 0 Å². The van der Waals surface area contributed by atoms with E-state index < -0.39 is 16.6 Å². The van der Waals surface area contributed by atoms with Crippen LogP contribution in [-0.4, -0.2) is 34.1 Å². The number of carbonyl (C=O) groups excluding carboxylic acids is 1. The summed E-state index contributed by atoms with van der Waals surface area (Å²) in [6.45, 7) is 22.5. The third-order valence-electron chi connectivity index (χ3n) is 11.1. The number of carbonyl (C=O) groups is 1. The van der Waals surface area contributed by atoms with Gasteiger partial charge in [-0.05, 0) is 93.2 Å². The van der Waals surface area contributed by atoms with E-state index in [1.807, 2.05) is 0 Å². The number of hydrogen-bond acceptors (Lipinski definition) is 3. The van der Waals surface area contributed by atoms with Crippen LogP contribution < -0.4 is 0 Å². The molecule has 0 bridgehead atoms. The molecule has 5 atom stereocenters. The van der Waals surface area contributed by atoms with E-state index >= 15 is 0 Å². The second kappa shape index (κ2) is 11.1. The van der Waals surface area contributed by atoms with Crippen molar-refractivity contribution in [3.05, 3.63) is 23.8 Å². The van der Waals surface area contributed by atoms with E-state index in [-0.39, 0.29) is 22.9 Å². The molecule has 3 rings (SSSR count). The average Bonchev–Trinajstić information content (AvgIpc) is 3.17. The molecule has 0 radical (unpaired) electrons. The molecule has 3 aliphatic rings. The van der Waals surface area contributed by atoms with Crippen LogP contribution in [0.25, 0.3) is 0 Å². The Morgan fingerprint density at radius 1 is 0.971 bits per heavy atom. The van der Waals surface area contributed by atoms with Crippen LogP contribution in [0.1, 0.15) is 93.9 Å². The smallest absolute Gasteiger partial charge is 0.192 e. The molecule has 2 fully saturated rings. The van der Waals surface area contributed by atoms with E-state index in [1.165, 1.54) is 41.8 Å². The lowest BCUT2D eigenvalue weighted by Crippen LogP contribution is -2.62. The van der Waals surface area contributed by atoms with Gasteiger partial charge in [0.15, 0.2) is 22.4 Å². The monoisotopic (exact) mass is 518 g/mol. The van der Waals surface area contributed by atoms with E-state index in [0.717, 1.165) is 44.1 Å². The molecule has 1 unspecified atom stereocenters. The molecule has 0 amide bonds. The third-order valence-corrected chi connectivity index (χ3v) is 20.5. The summed E-state index contributed by atoms with van der Waals surface area (Å²) in [6, 6.07) is 7.06. The van der Waals surface area contributed by atoms with Crippen LogP contribution in [0.4, 0.5) is 0 Å². The fraction of sp³-hybridized carbons (Fsp3) is 0.833. The minimum Gasteiger partial charge on any atom is -0.414 e. The SMILES string of the molecule is C=C[C@H]1CC[C@]2(O[Si](CC)(CC)CC)[C@@H]3CCC(O[Si](CC)(CC)CC)CC3=C(C(C)=O)C[C@]12C. The number of Topliss-reactive ketones (excluding diaryl/α,β-unsaturated/α-hetero) is 1. The summed E-state index contributed by atoms with van der Waals surface area (Å²) >= 11 is 0. The Morgan fingerprint density at radius 3 is 2.03 bits per heavy atom. The van der Waals surface area contributed by atoms with Crippen LogP contribution in [0.15, 0.2) is 23.8 Å². The van der Waals surface area contributed by atoms with Crippen molar-refractivity contribution in [2.45, 2.75) is 142 Å². The molecule has 5 heteroatoms. The number of allylic oxidation sites excluding steroid dienone is 2. The third kappa shape index (κ3) is 4.77. The van der Waals surface area contributed by atoms with Crippen LogP contribution in [0.5, 0.6) is 0 Å². The first-order valence-corrected chi connectivity index (χ1v) is 19.9. The van der Waals surface area contributed by atoms with Crippen molar-refractivity contribution in [2.75, 3.05) is 0 Å². The highest BCUT2D eigenvalue weighted by Gasteiger charge is 2.66. The Bertz CT molecular complexity index is 796. The Morgan fingerprint density at radius 2 is 1.54 bits per heavy atom. The molecule has 0 heterocycles. The molecule has 3 aliphatic carbocycles. The number of hydrogen-bond donors (Lipinski definition) is 0. The van der Waals surface area contributed by atoms with Gasteiger partial charge < -0.3 is 8.85 Å². The highest BCUT2D eigenvalue weighted by molar-refractivity contribution is 6.74. The molecule has 0 N–H and O–H groups in total. The van der Waals surface area contributed by atoms with Gasteiger partial charge in [0.2, 0.25) is 0 Å². The first-order valence-electron chi connectivity index (χ1n) is 14.8. The molecule has 35 heavy (non-hydrogen) atoms. The van der Waals surface area contributed by atoms with Crippen molar-refractivity contribution in [1.29, 1.82) is 0 Å². The zero-order valence-electron chi connectivity index (χ0n) is 24.2. The lowest BCUT2D eigenvalue weighted by Gasteiger charge is -2.59. The minimum atomic E-state index is -1.85. The molecule has 0 aromatic carbocycles. The van der Waals surface area contributed by atoms with Crippen LogP contribution >= 0.6 is 0 Å². The summed E-state index contributed by atoms with van der Waals surface area (Å²) in [6.07, 6.45) is 8.67. The van der Waals surface area contributed by atoms with Crippen molar-refractivity contribution in [1.82, 2.24) is 0 Å². The highest BCUT2D eigenvalue weighted by Crippen LogP contribution is 2.66. The van der Waals surface area contributed by atoms with Gasteiger partial charge in [-0.2, -0.15) is 0 Å². The predicted octanol–water partition coefficient (Wildman–Crippen LogP) is 8.83. The van der Waals surface area contributed by atoms with Gasteiger partial charge in [0, 0.05) is 17.4 Å². The molecular weight excluding hydrogens is 464 g/mol. The quantitative estimate of drug-likeness (QED) is 0.191. The molecular formula is C30H54O3Si2. The van der Waals surface area contributed by atoms with E-state index in [1.54, 1.807) is 6.92 Å². The fourth-order valence-electron chi connectivity index (χ4n) is 8.26. The Kier molecular flexibility index (Phi) is 9.21. The molecule has 0 aromatic heterocycles. The summed E-state index contributed by atoms with van der Waals surface area (Å²) < 4.78 is 14.7. The minimum absolute atomic E-state index is 0.0515.